The van der Waals surface area contributed by atoms with Gasteiger partial charge >= 0.3 is 0 Å². The predicted molar refractivity (Wildman–Crippen MR) is 91.2 cm³/mol. The fourth-order valence-electron chi connectivity index (χ4n) is 2.01. The molecule has 2 aromatic carbocycles. The van der Waals surface area contributed by atoms with Crippen molar-refractivity contribution < 1.29 is 14.0 Å². The van der Waals surface area contributed by atoms with Gasteiger partial charge in [-0.15, -0.1) is 0 Å². The summed E-state index contributed by atoms with van der Waals surface area (Å²) in [5.41, 5.74) is 6.10. The summed E-state index contributed by atoms with van der Waals surface area (Å²) in [6.07, 6.45) is 0.636. The Balaban J connectivity index is 1.74. The predicted octanol–water partition coefficient (Wildman–Crippen LogP) is 3.46. The average Bonchev–Trinajstić information content (AvgIpc) is 2.54. The number of aryl methyl sites for hydroxylation is 1. The summed E-state index contributed by atoms with van der Waals surface area (Å²) in [7, 11) is 0. The van der Waals surface area contributed by atoms with Gasteiger partial charge in [-0.1, -0.05) is 41.4 Å². The van der Waals surface area contributed by atoms with Gasteiger partial charge in [0.1, 0.15) is 5.82 Å². The number of halogens is 3. The molecule has 0 radical (unpaired) electrons. The van der Waals surface area contributed by atoms with E-state index in [1.807, 2.05) is 0 Å². The Morgan fingerprint density at radius 1 is 0.958 bits per heavy atom. The van der Waals surface area contributed by atoms with Crippen molar-refractivity contribution >= 4 is 35.0 Å². The molecule has 2 rings (SSSR count). The quantitative estimate of drug-likeness (QED) is 0.794. The van der Waals surface area contributed by atoms with Crippen LogP contribution in [0.5, 0.6) is 0 Å². The Labute approximate surface area is 148 Å². The average molecular weight is 369 g/mol. The highest BCUT2D eigenvalue weighted by atomic mass is 35.5. The highest BCUT2D eigenvalue weighted by Gasteiger charge is 2.08. The van der Waals surface area contributed by atoms with Crippen LogP contribution in [-0.4, -0.2) is 11.8 Å². The molecule has 126 valence electrons. The molecule has 0 bridgehead atoms. The summed E-state index contributed by atoms with van der Waals surface area (Å²) in [6, 6.07) is 10.6. The first kappa shape index (κ1) is 18.2. The third-order valence-electron chi connectivity index (χ3n) is 3.26. The number of rotatable bonds is 5. The lowest BCUT2D eigenvalue weighted by Crippen LogP contribution is -2.42. The Hall–Kier alpha value is -2.11. The van der Waals surface area contributed by atoms with Crippen molar-refractivity contribution in [2.24, 2.45) is 0 Å². The minimum absolute atomic E-state index is 0.0452. The van der Waals surface area contributed by atoms with Crippen molar-refractivity contribution in [3.05, 3.63) is 69.5 Å². The standard InChI is InChI=1S/C17H15Cl2FN2O2/c18-13-5-3-12(15(19)10-13)4-8-16(23)21-22-17(24)9-11-1-6-14(20)7-2-11/h1-3,5-7,10H,4,8-9H2,(H,21,23)(H,22,24). The second kappa shape index (κ2) is 8.66. The third kappa shape index (κ3) is 5.83. The van der Waals surface area contributed by atoms with Gasteiger partial charge in [0, 0.05) is 16.5 Å². The van der Waals surface area contributed by atoms with Gasteiger partial charge in [-0.05, 0) is 41.8 Å². The number of carbonyl (C=O) groups excluding carboxylic acids is 2. The molecule has 0 aliphatic carbocycles. The van der Waals surface area contributed by atoms with Crippen molar-refractivity contribution in [3.63, 3.8) is 0 Å². The molecule has 0 aromatic heterocycles. The van der Waals surface area contributed by atoms with E-state index >= 15 is 0 Å². The van der Waals surface area contributed by atoms with Gasteiger partial charge < -0.3 is 0 Å². The highest BCUT2D eigenvalue weighted by molar-refractivity contribution is 6.35. The topological polar surface area (TPSA) is 58.2 Å². The molecule has 4 nitrogen and oxygen atoms in total. The van der Waals surface area contributed by atoms with Gasteiger partial charge in [0.15, 0.2) is 0 Å². The van der Waals surface area contributed by atoms with Crippen molar-refractivity contribution in [1.82, 2.24) is 10.9 Å². The van der Waals surface area contributed by atoms with Crippen molar-refractivity contribution in [3.8, 4) is 0 Å². The van der Waals surface area contributed by atoms with E-state index in [1.54, 1.807) is 18.2 Å². The van der Waals surface area contributed by atoms with Gasteiger partial charge in [0.05, 0.1) is 6.42 Å². The number of hydrazine groups is 1. The summed E-state index contributed by atoms with van der Waals surface area (Å²) < 4.78 is 12.8. The van der Waals surface area contributed by atoms with Crippen LogP contribution < -0.4 is 10.9 Å². The molecule has 0 spiro atoms. The van der Waals surface area contributed by atoms with Crippen molar-refractivity contribution in [2.45, 2.75) is 19.3 Å². The third-order valence-corrected chi connectivity index (χ3v) is 3.84. The Kier molecular flexibility index (Phi) is 6.58. The molecule has 0 saturated heterocycles. The molecule has 2 amide bonds. The van der Waals surface area contributed by atoms with E-state index in [9.17, 15) is 14.0 Å². The lowest BCUT2D eigenvalue weighted by Gasteiger charge is -2.08. The molecule has 0 heterocycles. The van der Waals surface area contributed by atoms with Crippen LogP contribution in [0.15, 0.2) is 42.5 Å². The number of carbonyl (C=O) groups is 2. The number of hydrogen-bond acceptors (Lipinski definition) is 2. The summed E-state index contributed by atoms with van der Waals surface area (Å²) in [5.74, 6) is -1.10. The molecule has 2 N–H and O–H groups in total. The van der Waals surface area contributed by atoms with Crippen molar-refractivity contribution in [2.75, 3.05) is 0 Å². The Morgan fingerprint density at radius 2 is 1.62 bits per heavy atom. The van der Waals surface area contributed by atoms with Crippen LogP contribution in [0.1, 0.15) is 17.5 Å². The molecule has 2 aromatic rings. The van der Waals surface area contributed by atoms with Crippen molar-refractivity contribution in [1.29, 1.82) is 0 Å². The van der Waals surface area contributed by atoms with E-state index in [1.165, 1.54) is 24.3 Å². The molecule has 0 fully saturated rings. The molecule has 24 heavy (non-hydrogen) atoms. The SMILES string of the molecule is O=C(CCc1ccc(Cl)cc1Cl)NNC(=O)Cc1ccc(F)cc1. The molecule has 0 atom stereocenters. The molecular weight excluding hydrogens is 354 g/mol. The summed E-state index contributed by atoms with van der Waals surface area (Å²) in [5, 5.41) is 1.02. The van der Waals surface area contributed by atoms with Crippen LogP contribution in [0.2, 0.25) is 10.0 Å². The zero-order valence-electron chi connectivity index (χ0n) is 12.6. The number of amides is 2. The summed E-state index contributed by atoms with van der Waals surface area (Å²) >= 11 is 11.8. The lowest BCUT2D eigenvalue weighted by atomic mass is 10.1. The van der Waals surface area contributed by atoms with E-state index in [2.05, 4.69) is 10.9 Å². The number of hydrogen-bond donors (Lipinski definition) is 2. The fraction of sp³-hybridized carbons (Fsp3) is 0.176. The molecule has 0 aliphatic rings. The zero-order chi connectivity index (χ0) is 17.5. The second-order valence-electron chi connectivity index (χ2n) is 5.14. The van der Waals surface area contributed by atoms with Gasteiger partial charge in [-0.25, -0.2) is 4.39 Å². The Bertz CT molecular complexity index is 736. The highest BCUT2D eigenvalue weighted by Crippen LogP contribution is 2.21. The number of nitrogens with one attached hydrogen (secondary N) is 2. The maximum Gasteiger partial charge on any atom is 0.242 e. The van der Waals surface area contributed by atoms with Crippen LogP contribution in [0.25, 0.3) is 0 Å². The molecule has 0 aliphatic heterocycles. The summed E-state index contributed by atoms with van der Waals surface area (Å²) in [6.45, 7) is 0. The molecule has 7 heteroatoms. The first-order chi connectivity index (χ1) is 11.4. The second-order valence-corrected chi connectivity index (χ2v) is 5.98. The van der Waals surface area contributed by atoms with Gasteiger partial charge in [-0.2, -0.15) is 0 Å². The zero-order valence-corrected chi connectivity index (χ0v) is 14.1. The van der Waals surface area contributed by atoms with Crippen LogP contribution in [0, 0.1) is 5.82 Å². The lowest BCUT2D eigenvalue weighted by molar-refractivity contribution is -0.128. The fourth-order valence-corrected chi connectivity index (χ4v) is 2.51. The van der Waals surface area contributed by atoms with E-state index < -0.39 is 0 Å². The first-order valence-electron chi connectivity index (χ1n) is 7.20. The largest absolute Gasteiger partial charge is 0.273 e. The van der Waals surface area contributed by atoms with Crippen LogP contribution in [0.3, 0.4) is 0 Å². The molecule has 0 saturated carbocycles. The normalized spacial score (nSPS) is 10.3. The van der Waals surface area contributed by atoms with Crippen LogP contribution in [0.4, 0.5) is 4.39 Å². The number of benzene rings is 2. The van der Waals surface area contributed by atoms with Gasteiger partial charge in [0.25, 0.3) is 0 Å². The summed E-state index contributed by atoms with van der Waals surface area (Å²) in [4.78, 5) is 23.5. The van der Waals surface area contributed by atoms with Crippen LogP contribution >= 0.6 is 23.2 Å². The van der Waals surface area contributed by atoms with E-state index in [-0.39, 0.29) is 30.5 Å². The maximum atomic E-state index is 12.8. The van der Waals surface area contributed by atoms with Crippen LogP contribution in [-0.2, 0) is 22.4 Å². The minimum atomic E-state index is -0.389. The molecule has 0 unspecified atom stereocenters. The first-order valence-corrected chi connectivity index (χ1v) is 7.95. The van der Waals surface area contributed by atoms with E-state index in [4.69, 9.17) is 23.2 Å². The van der Waals surface area contributed by atoms with E-state index in [0.29, 0.717) is 22.0 Å². The van der Waals surface area contributed by atoms with E-state index in [0.717, 1.165) is 5.56 Å². The Morgan fingerprint density at radius 3 is 2.29 bits per heavy atom. The minimum Gasteiger partial charge on any atom is -0.273 e. The smallest absolute Gasteiger partial charge is 0.242 e. The monoisotopic (exact) mass is 368 g/mol. The van der Waals surface area contributed by atoms with Gasteiger partial charge in [0.2, 0.25) is 11.8 Å². The van der Waals surface area contributed by atoms with Gasteiger partial charge in [-0.3, -0.25) is 20.4 Å². The molecular formula is C17H15Cl2FN2O2. The maximum absolute atomic E-state index is 12.8.